The third kappa shape index (κ3) is 2.55. The Labute approximate surface area is 127 Å². The van der Waals surface area contributed by atoms with Gasteiger partial charge < -0.3 is 21.1 Å². The summed E-state index contributed by atoms with van der Waals surface area (Å²) in [6.07, 6.45) is 6.80. The minimum Gasteiger partial charge on any atom is -0.511 e. The normalized spacial score (nSPS) is 30.8. The molecule has 1 aliphatic carbocycles. The summed E-state index contributed by atoms with van der Waals surface area (Å²) in [5.41, 5.74) is -0.305. The smallest absolute Gasteiger partial charge is 0.261 e. The summed E-state index contributed by atoms with van der Waals surface area (Å²) in [7, 11) is 0. The van der Waals surface area contributed by atoms with E-state index in [1.54, 1.807) is 12.2 Å². The molecular weight excluding hydrogens is 286 g/mol. The number of piperidine rings is 1. The van der Waals surface area contributed by atoms with Crippen molar-refractivity contribution in [1.29, 1.82) is 0 Å². The fourth-order valence-corrected chi connectivity index (χ4v) is 2.94. The van der Waals surface area contributed by atoms with Crippen LogP contribution in [0.5, 0.6) is 0 Å². The van der Waals surface area contributed by atoms with Gasteiger partial charge in [0, 0.05) is 12.6 Å². The summed E-state index contributed by atoms with van der Waals surface area (Å²) in [6, 6.07) is -0.975. The standard InChI is InChI=1S/C15H17N3O4/c19-11-4-2-1-3-10(11)18-15(22)12-13(20)8-7-16-6-5-9(8)17-14(12)21/h1-4,8-10,16,20H,5-7H2,(H,17,21)(H,18,22). The number of aliphatic hydroxyl groups is 1. The van der Waals surface area contributed by atoms with E-state index < -0.39 is 17.9 Å². The van der Waals surface area contributed by atoms with Crippen molar-refractivity contribution in [2.24, 2.45) is 5.92 Å². The first kappa shape index (κ1) is 14.5. The molecule has 7 nitrogen and oxygen atoms in total. The predicted molar refractivity (Wildman–Crippen MR) is 77.8 cm³/mol. The molecule has 3 rings (SSSR count). The molecule has 0 aromatic rings. The van der Waals surface area contributed by atoms with Crippen molar-refractivity contribution in [1.82, 2.24) is 16.0 Å². The average molecular weight is 303 g/mol. The Bertz CT molecular complexity index is 620. The van der Waals surface area contributed by atoms with Crippen LogP contribution in [0.3, 0.4) is 0 Å². The summed E-state index contributed by atoms with van der Waals surface area (Å²) in [5, 5.41) is 18.6. The topological polar surface area (TPSA) is 108 Å². The molecule has 0 aromatic carbocycles. The monoisotopic (exact) mass is 303 g/mol. The van der Waals surface area contributed by atoms with E-state index in [1.807, 2.05) is 0 Å². The number of amides is 2. The van der Waals surface area contributed by atoms with Gasteiger partial charge in [0.15, 0.2) is 5.78 Å². The first-order valence-electron chi connectivity index (χ1n) is 7.22. The van der Waals surface area contributed by atoms with Gasteiger partial charge in [0.25, 0.3) is 11.8 Å². The van der Waals surface area contributed by atoms with Gasteiger partial charge in [-0.15, -0.1) is 0 Å². The van der Waals surface area contributed by atoms with Crippen LogP contribution in [0.2, 0.25) is 0 Å². The largest absolute Gasteiger partial charge is 0.511 e. The van der Waals surface area contributed by atoms with E-state index in [-0.39, 0.29) is 29.1 Å². The molecule has 0 aromatic heterocycles. The van der Waals surface area contributed by atoms with Crippen molar-refractivity contribution >= 4 is 17.6 Å². The van der Waals surface area contributed by atoms with Gasteiger partial charge >= 0.3 is 0 Å². The molecule has 0 spiro atoms. The fraction of sp³-hybridized carbons (Fsp3) is 0.400. The summed E-state index contributed by atoms with van der Waals surface area (Å²) in [6.45, 7) is 1.25. The highest BCUT2D eigenvalue weighted by Gasteiger charge is 2.40. The average Bonchev–Trinajstić information content (AvgIpc) is 2.49. The number of allylic oxidation sites excluding steroid dienone is 2. The molecule has 2 amide bonds. The molecule has 1 fully saturated rings. The molecule has 0 radical (unpaired) electrons. The zero-order valence-corrected chi connectivity index (χ0v) is 11.8. The number of fused-ring (bicyclic) bond motifs is 1. The third-order valence-electron chi connectivity index (χ3n) is 4.13. The molecule has 22 heavy (non-hydrogen) atoms. The van der Waals surface area contributed by atoms with Crippen LogP contribution in [0.15, 0.2) is 35.6 Å². The SMILES string of the molecule is O=C(NC1C=CC=CC1=O)C1=C(O)C2CNCCC2NC1=O. The second kappa shape index (κ2) is 5.76. The van der Waals surface area contributed by atoms with E-state index in [9.17, 15) is 19.5 Å². The van der Waals surface area contributed by atoms with Crippen molar-refractivity contribution in [3.63, 3.8) is 0 Å². The predicted octanol–water partition coefficient (Wildman–Crippen LogP) is -0.914. The molecule has 0 saturated carbocycles. The van der Waals surface area contributed by atoms with E-state index >= 15 is 0 Å². The fourth-order valence-electron chi connectivity index (χ4n) is 2.94. The lowest BCUT2D eigenvalue weighted by molar-refractivity contribution is -0.127. The maximum absolute atomic E-state index is 12.3. The van der Waals surface area contributed by atoms with E-state index in [0.717, 1.165) is 6.54 Å². The molecule has 116 valence electrons. The van der Waals surface area contributed by atoms with E-state index in [1.165, 1.54) is 12.2 Å². The third-order valence-corrected chi connectivity index (χ3v) is 4.13. The highest BCUT2D eigenvalue weighted by molar-refractivity contribution is 6.20. The first-order chi connectivity index (χ1) is 10.6. The van der Waals surface area contributed by atoms with Crippen molar-refractivity contribution < 1.29 is 19.5 Å². The van der Waals surface area contributed by atoms with Crippen LogP contribution in [0, 0.1) is 5.92 Å². The molecule has 0 bridgehead atoms. The van der Waals surface area contributed by atoms with Crippen molar-refractivity contribution in [2.75, 3.05) is 13.1 Å². The minimum absolute atomic E-state index is 0.163. The molecule has 4 N–H and O–H groups in total. The lowest BCUT2D eigenvalue weighted by atomic mass is 9.85. The summed E-state index contributed by atoms with van der Waals surface area (Å²) >= 11 is 0. The van der Waals surface area contributed by atoms with Crippen LogP contribution in [0.25, 0.3) is 0 Å². The zero-order chi connectivity index (χ0) is 15.7. The van der Waals surface area contributed by atoms with E-state index in [4.69, 9.17) is 0 Å². The van der Waals surface area contributed by atoms with E-state index in [0.29, 0.717) is 13.0 Å². The molecule has 2 heterocycles. The van der Waals surface area contributed by atoms with Crippen LogP contribution >= 0.6 is 0 Å². The summed E-state index contributed by atoms with van der Waals surface area (Å²) < 4.78 is 0. The zero-order valence-electron chi connectivity index (χ0n) is 11.8. The molecule has 7 heteroatoms. The van der Waals surface area contributed by atoms with Crippen LogP contribution < -0.4 is 16.0 Å². The first-order valence-corrected chi connectivity index (χ1v) is 7.22. The highest BCUT2D eigenvalue weighted by atomic mass is 16.3. The number of rotatable bonds is 2. The number of carbonyl (C=O) groups excluding carboxylic acids is 3. The molecule has 2 aliphatic heterocycles. The van der Waals surface area contributed by atoms with Crippen LogP contribution in [0.1, 0.15) is 6.42 Å². The molecule has 3 unspecified atom stereocenters. The maximum atomic E-state index is 12.3. The van der Waals surface area contributed by atoms with Gasteiger partial charge in [-0.25, -0.2) is 0 Å². The van der Waals surface area contributed by atoms with Gasteiger partial charge in [0.05, 0.1) is 5.92 Å². The quantitative estimate of drug-likeness (QED) is 0.494. The Hall–Kier alpha value is -2.41. The van der Waals surface area contributed by atoms with Crippen molar-refractivity contribution in [2.45, 2.75) is 18.5 Å². The molecule has 1 saturated heterocycles. The lowest BCUT2D eigenvalue weighted by Crippen LogP contribution is -2.56. The summed E-state index contributed by atoms with van der Waals surface area (Å²) in [5.74, 6) is -2.13. The number of nitrogens with one attached hydrogen (secondary N) is 3. The van der Waals surface area contributed by atoms with Crippen LogP contribution in [-0.4, -0.2) is 47.9 Å². The Balaban J connectivity index is 1.81. The number of aliphatic hydroxyl groups excluding tert-OH is 1. The number of hydrogen-bond donors (Lipinski definition) is 4. The van der Waals surface area contributed by atoms with Gasteiger partial charge in [-0.2, -0.15) is 0 Å². The highest BCUT2D eigenvalue weighted by Crippen LogP contribution is 2.26. The molecular formula is C15H17N3O4. The Kier molecular flexibility index (Phi) is 3.81. The van der Waals surface area contributed by atoms with Gasteiger partial charge in [0.1, 0.15) is 17.4 Å². The number of carbonyl (C=O) groups is 3. The molecule has 3 aliphatic rings. The Morgan fingerprint density at radius 3 is 2.91 bits per heavy atom. The van der Waals surface area contributed by atoms with Gasteiger partial charge in [-0.3, -0.25) is 14.4 Å². The van der Waals surface area contributed by atoms with Crippen LogP contribution in [-0.2, 0) is 14.4 Å². The minimum atomic E-state index is -0.812. The van der Waals surface area contributed by atoms with E-state index in [2.05, 4.69) is 16.0 Å². The number of ketones is 1. The number of hydrogen-bond acceptors (Lipinski definition) is 5. The van der Waals surface area contributed by atoms with Gasteiger partial charge in [-0.05, 0) is 19.0 Å². The van der Waals surface area contributed by atoms with Gasteiger partial charge in [0.2, 0.25) is 0 Å². The molecule has 3 atom stereocenters. The second-order valence-corrected chi connectivity index (χ2v) is 5.54. The maximum Gasteiger partial charge on any atom is 0.261 e. The lowest BCUT2D eigenvalue weighted by Gasteiger charge is -2.36. The Morgan fingerprint density at radius 2 is 2.14 bits per heavy atom. The van der Waals surface area contributed by atoms with Crippen molar-refractivity contribution in [3.8, 4) is 0 Å². The summed E-state index contributed by atoms with van der Waals surface area (Å²) in [4.78, 5) is 36.0. The van der Waals surface area contributed by atoms with Gasteiger partial charge in [-0.1, -0.05) is 18.2 Å². The van der Waals surface area contributed by atoms with Crippen LogP contribution in [0.4, 0.5) is 0 Å². The van der Waals surface area contributed by atoms with Crippen molar-refractivity contribution in [3.05, 3.63) is 35.6 Å². The second-order valence-electron chi connectivity index (χ2n) is 5.54. The Morgan fingerprint density at radius 1 is 1.32 bits per heavy atom.